The molecule has 0 bridgehead atoms. The summed E-state index contributed by atoms with van der Waals surface area (Å²) >= 11 is 0. The topological polar surface area (TPSA) is 124 Å². The fourth-order valence-corrected chi connectivity index (χ4v) is 3.10. The number of rotatable bonds is 4. The first kappa shape index (κ1) is 20.0. The Hall–Kier alpha value is -2.79. The second kappa shape index (κ2) is 7.68. The number of halogens is 3. The number of amidine groups is 2. The van der Waals surface area contributed by atoms with E-state index in [1.807, 2.05) is 4.90 Å². The van der Waals surface area contributed by atoms with Gasteiger partial charge in [0.05, 0.1) is 25.3 Å². The number of hydrogen-bond acceptors (Lipinski definition) is 6. The van der Waals surface area contributed by atoms with Crippen molar-refractivity contribution in [3.05, 3.63) is 46.4 Å². The Balaban J connectivity index is 1.87. The highest BCUT2D eigenvalue weighted by Crippen LogP contribution is 2.32. The second-order valence-electron chi connectivity index (χ2n) is 6.57. The van der Waals surface area contributed by atoms with E-state index in [1.54, 1.807) is 6.07 Å². The van der Waals surface area contributed by atoms with Crippen LogP contribution < -0.4 is 11.5 Å². The lowest BCUT2D eigenvalue weighted by atomic mass is 10.0. The Morgan fingerprint density at radius 3 is 2.29 bits per heavy atom. The first-order valence-electron chi connectivity index (χ1n) is 8.54. The summed E-state index contributed by atoms with van der Waals surface area (Å²) in [5, 5.41) is 17.9. The van der Waals surface area contributed by atoms with Crippen molar-refractivity contribution in [2.45, 2.75) is 19.3 Å². The molecule has 2 heterocycles. The zero-order chi connectivity index (χ0) is 20.5. The van der Waals surface area contributed by atoms with Crippen LogP contribution in [0.15, 0.2) is 34.7 Å². The molecule has 3 rings (SSSR count). The highest BCUT2D eigenvalue weighted by Gasteiger charge is 2.33. The van der Waals surface area contributed by atoms with Crippen LogP contribution in [0, 0.1) is 5.41 Å². The van der Waals surface area contributed by atoms with Crippen molar-refractivity contribution in [2.75, 3.05) is 26.3 Å². The van der Waals surface area contributed by atoms with E-state index in [-0.39, 0.29) is 29.5 Å². The van der Waals surface area contributed by atoms with Crippen LogP contribution in [-0.2, 0) is 24.0 Å². The Morgan fingerprint density at radius 2 is 1.75 bits per heavy atom. The molecule has 1 saturated heterocycles. The van der Waals surface area contributed by atoms with Crippen molar-refractivity contribution < 1.29 is 23.0 Å². The van der Waals surface area contributed by atoms with Gasteiger partial charge in [0.1, 0.15) is 5.82 Å². The zero-order valence-electron chi connectivity index (χ0n) is 15.0. The molecule has 8 nitrogen and oxygen atoms in total. The summed E-state index contributed by atoms with van der Waals surface area (Å²) < 4.78 is 45.3. The van der Waals surface area contributed by atoms with Crippen LogP contribution in [0.1, 0.15) is 16.7 Å². The largest absolute Gasteiger partial charge is 0.480 e. The number of hydrogen-bond donors (Lipinski definition) is 4. The number of aliphatic hydroxyl groups is 1. The van der Waals surface area contributed by atoms with E-state index in [9.17, 15) is 18.3 Å². The SMILES string of the molecule is N=C1C(=C(N)N)N=C(O)N1Cc1cc(CN2CCOCC2)cc(C(F)(F)F)c1. The van der Waals surface area contributed by atoms with Gasteiger partial charge in [-0.05, 0) is 23.3 Å². The summed E-state index contributed by atoms with van der Waals surface area (Å²) in [6.07, 6.45) is -4.52. The van der Waals surface area contributed by atoms with E-state index in [0.717, 1.165) is 17.0 Å². The Morgan fingerprint density at radius 1 is 1.14 bits per heavy atom. The van der Waals surface area contributed by atoms with Gasteiger partial charge < -0.3 is 21.3 Å². The van der Waals surface area contributed by atoms with Gasteiger partial charge in [0.2, 0.25) is 0 Å². The van der Waals surface area contributed by atoms with E-state index < -0.39 is 17.8 Å². The van der Waals surface area contributed by atoms with Gasteiger partial charge in [-0.15, -0.1) is 0 Å². The molecule has 0 aliphatic carbocycles. The Kier molecular flexibility index (Phi) is 5.47. The maximum atomic E-state index is 13.4. The number of alkyl halides is 3. The molecule has 1 aromatic rings. The van der Waals surface area contributed by atoms with Crippen LogP contribution in [0.5, 0.6) is 0 Å². The van der Waals surface area contributed by atoms with Crippen LogP contribution in [0.3, 0.4) is 0 Å². The van der Waals surface area contributed by atoms with Crippen molar-refractivity contribution in [3.8, 4) is 0 Å². The lowest BCUT2D eigenvalue weighted by Crippen LogP contribution is -2.35. The maximum absolute atomic E-state index is 13.4. The monoisotopic (exact) mass is 398 g/mol. The van der Waals surface area contributed by atoms with Crippen LogP contribution >= 0.6 is 0 Å². The third-order valence-electron chi connectivity index (χ3n) is 4.45. The van der Waals surface area contributed by atoms with Crippen LogP contribution in [-0.4, -0.2) is 53.1 Å². The average Bonchev–Trinajstić information content (AvgIpc) is 2.90. The number of nitrogens with zero attached hydrogens (tertiary/aromatic N) is 3. The van der Waals surface area contributed by atoms with Crippen molar-refractivity contribution in [2.24, 2.45) is 16.5 Å². The van der Waals surface area contributed by atoms with Crippen LogP contribution in [0.25, 0.3) is 0 Å². The number of morpholine rings is 1. The minimum atomic E-state index is -4.52. The van der Waals surface area contributed by atoms with Gasteiger partial charge in [-0.2, -0.15) is 18.2 Å². The molecule has 28 heavy (non-hydrogen) atoms. The molecule has 152 valence electrons. The first-order chi connectivity index (χ1) is 13.1. The fraction of sp³-hybridized carbons (Fsp3) is 0.412. The molecule has 2 aliphatic heterocycles. The average molecular weight is 398 g/mol. The molecule has 0 unspecified atom stereocenters. The van der Waals surface area contributed by atoms with Crippen molar-refractivity contribution in [1.82, 2.24) is 9.80 Å². The number of nitrogens with two attached hydrogens (primary N) is 2. The Bertz CT molecular complexity index is 827. The smallest absolute Gasteiger partial charge is 0.416 e. The summed E-state index contributed by atoms with van der Waals surface area (Å²) in [4.78, 5) is 6.75. The van der Waals surface area contributed by atoms with Gasteiger partial charge in [0, 0.05) is 19.6 Å². The van der Waals surface area contributed by atoms with Gasteiger partial charge in [-0.1, -0.05) is 6.07 Å². The molecule has 1 fully saturated rings. The quantitative estimate of drug-likeness (QED) is 0.607. The summed E-state index contributed by atoms with van der Waals surface area (Å²) in [7, 11) is 0. The van der Waals surface area contributed by atoms with Crippen LogP contribution in [0.4, 0.5) is 13.2 Å². The minimum Gasteiger partial charge on any atom is -0.480 e. The van der Waals surface area contributed by atoms with Crippen molar-refractivity contribution >= 4 is 11.9 Å². The molecule has 2 aliphatic rings. The second-order valence-corrected chi connectivity index (χ2v) is 6.57. The predicted molar refractivity (Wildman–Crippen MR) is 96.3 cm³/mol. The van der Waals surface area contributed by atoms with E-state index >= 15 is 0 Å². The first-order valence-corrected chi connectivity index (χ1v) is 8.54. The number of nitrogens with one attached hydrogen (secondary N) is 1. The fourth-order valence-electron chi connectivity index (χ4n) is 3.10. The summed E-state index contributed by atoms with van der Waals surface area (Å²) in [6, 6.07) is 3.20. The van der Waals surface area contributed by atoms with Crippen molar-refractivity contribution in [1.29, 1.82) is 5.41 Å². The van der Waals surface area contributed by atoms with Gasteiger partial charge in [-0.25, -0.2) is 0 Å². The number of aliphatic imine (C=N–C) groups is 1. The highest BCUT2D eigenvalue weighted by atomic mass is 19.4. The van der Waals surface area contributed by atoms with E-state index in [2.05, 4.69) is 4.99 Å². The van der Waals surface area contributed by atoms with E-state index in [1.165, 1.54) is 0 Å². The molecular weight excluding hydrogens is 377 g/mol. The lowest BCUT2D eigenvalue weighted by Gasteiger charge is -2.27. The summed E-state index contributed by atoms with van der Waals surface area (Å²) in [5.41, 5.74) is 10.7. The molecule has 0 spiro atoms. The van der Waals surface area contributed by atoms with E-state index in [4.69, 9.17) is 21.6 Å². The molecule has 0 radical (unpaired) electrons. The van der Waals surface area contributed by atoms with Gasteiger partial charge in [-0.3, -0.25) is 15.2 Å². The molecule has 11 heteroatoms. The lowest BCUT2D eigenvalue weighted by molar-refractivity contribution is -0.137. The number of benzene rings is 1. The summed E-state index contributed by atoms with van der Waals surface area (Å²) in [5.74, 6) is -0.527. The van der Waals surface area contributed by atoms with Crippen LogP contribution in [0.2, 0.25) is 0 Å². The standard InChI is InChI=1S/C17H21F3N6O2/c18-17(19,20)12-6-10(8-25-1-3-28-4-2-25)5-11(7-12)9-26-15(23)13(14(21)22)24-16(26)27/h5-7,23H,1-4,8-9,21-22H2,(H,24,27). The van der Waals surface area contributed by atoms with Crippen molar-refractivity contribution in [3.63, 3.8) is 0 Å². The Labute approximate surface area is 159 Å². The van der Waals surface area contributed by atoms with Gasteiger partial charge >= 0.3 is 6.18 Å². The van der Waals surface area contributed by atoms with Gasteiger partial charge in [0.25, 0.3) is 6.02 Å². The molecule has 6 N–H and O–H groups in total. The number of aliphatic hydroxyl groups excluding tert-OH is 1. The third kappa shape index (κ3) is 4.37. The molecule has 0 amide bonds. The molecule has 0 atom stereocenters. The summed E-state index contributed by atoms with van der Waals surface area (Å²) in [6.45, 7) is 2.52. The molecule has 0 aromatic heterocycles. The molecule has 0 saturated carbocycles. The normalized spacial score (nSPS) is 18.5. The predicted octanol–water partition coefficient (Wildman–Crippen LogP) is 1.33. The minimum absolute atomic E-state index is 0.113. The molecule has 1 aromatic carbocycles. The third-order valence-corrected chi connectivity index (χ3v) is 4.45. The van der Waals surface area contributed by atoms with Gasteiger partial charge in [0.15, 0.2) is 11.5 Å². The van der Waals surface area contributed by atoms with E-state index in [0.29, 0.717) is 38.4 Å². The molecular formula is C17H21F3N6O2. The number of ether oxygens (including phenoxy) is 1. The highest BCUT2D eigenvalue weighted by molar-refractivity contribution is 6.10. The maximum Gasteiger partial charge on any atom is 0.416 e. The zero-order valence-corrected chi connectivity index (χ0v) is 15.0.